The van der Waals surface area contributed by atoms with E-state index in [1.807, 2.05) is 30.2 Å². The van der Waals surface area contributed by atoms with Gasteiger partial charge in [0, 0.05) is 43.0 Å². The lowest BCUT2D eigenvalue weighted by Gasteiger charge is -2.28. The van der Waals surface area contributed by atoms with E-state index >= 15 is 4.39 Å². The minimum Gasteiger partial charge on any atom is -0.390 e. The van der Waals surface area contributed by atoms with Gasteiger partial charge in [0.1, 0.15) is 5.82 Å². The topological polar surface area (TPSA) is 71.5 Å². The average Bonchev–Trinajstić information content (AvgIpc) is 3.30. The van der Waals surface area contributed by atoms with Crippen molar-refractivity contribution in [2.45, 2.75) is 58.2 Å². The number of rotatable bonds is 4. The van der Waals surface area contributed by atoms with Gasteiger partial charge in [-0.05, 0) is 57.2 Å². The van der Waals surface area contributed by atoms with Crippen LogP contribution in [0, 0.1) is 18.7 Å². The number of nitrogens with two attached hydrogens (primary N) is 1. The summed E-state index contributed by atoms with van der Waals surface area (Å²) in [4.78, 5) is 14.7. The van der Waals surface area contributed by atoms with Crippen molar-refractivity contribution in [1.82, 2.24) is 4.57 Å². The fraction of sp³-hybridized carbons (Fsp3) is 0.571. The number of hydrogen-bond donors (Lipinski definition) is 2. The first-order valence-corrected chi connectivity index (χ1v) is 9.77. The van der Waals surface area contributed by atoms with E-state index in [0.29, 0.717) is 24.3 Å². The van der Waals surface area contributed by atoms with Gasteiger partial charge in [0.25, 0.3) is 5.56 Å². The molecule has 1 aliphatic heterocycles. The van der Waals surface area contributed by atoms with Crippen LogP contribution in [0.3, 0.4) is 0 Å². The normalized spacial score (nSPS) is 20.7. The van der Waals surface area contributed by atoms with Gasteiger partial charge in [-0.25, -0.2) is 4.39 Å². The number of aryl methyl sites for hydroxylation is 1. The number of anilines is 1. The highest BCUT2D eigenvalue weighted by Crippen LogP contribution is 2.41. The maximum atomic E-state index is 15.2. The van der Waals surface area contributed by atoms with E-state index in [9.17, 15) is 9.90 Å². The summed E-state index contributed by atoms with van der Waals surface area (Å²) in [5, 5.41) is 11.1. The minimum atomic E-state index is -0.793. The van der Waals surface area contributed by atoms with E-state index < -0.39 is 5.60 Å². The van der Waals surface area contributed by atoms with Gasteiger partial charge in [-0.3, -0.25) is 4.79 Å². The standard InChI is InChI=1S/C21H28FN3O2/c1-12-19-16(13(10-23)8-18(26)25(19)15-4-5-15)9-17(22)20(12)24-7-6-14(11-24)21(2,3)27/h8-9,14-15,27H,4-7,10-11,23H2,1-3H3/t14-/m1/s1. The molecule has 2 aromatic rings. The van der Waals surface area contributed by atoms with Gasteiger partial charge in [-0.2, -0.15) is 0 Å². The van der Waals surface area contributed by atoms with Crippen LogP contribution in [0.5, 0.6) is 0 Å². The van der Waals surface area contributed by atoms with E-state index in [1.54, 1.807) is 6.07 Å². The summed E-state index contributed by atoms with van der Waals surface area (Å²) in [5.41, 5.74) is 7.85. The molecule has 1 aromatic heterocycles. The van der Waals surface area contributed by atoms with Crippen LogP contribution in [0.2, 0.25) is 0 Å². The fourth-order valence-corrected chi connectivity index (χ4v) is 4.51. The lowest BCUT2D eigenvalue weighted by atomic mass is 9.90. The van der Waals surface area contributed by atoms with Crippen molar-refractivity contribution in [1.29, 1.82) is 0 Å². The van der Waals surface area contributed by atoms with Crippen molar-refractivity contribution >= 4 is 16.6 Å². The third-order valence-corrected chi connectivity index (χ3v) is 6.22. The molecule has 2 heterocycles. The molecule has 0 radical (unpaired) electrons. The Morgan fingerprint density at radius 1 is 1.30 bits per heavy atom. The Kier molecular flexibility index (Phi) is 4.31. The second kappa shape index (κ2) is 6.31. The van der Waals surface area contributed by atoms with E-state index in [1.165, 1.54) is 6.07 Å². The van der Waals surface area contributed by atoms with Crippen molar-refractivity contribution in [3.05, 3.63) is 39.4 Å². The molecule has 3 N–H and O–H groups in total. The Labute approximate surface area is 158 Å². The highest BCUT2D eigenvalue weighted by Gasteiger charge is 2.36. The summed E-state index contributed by atoms with van der Waals surface area (Å²) in [6, 6.07) is 3.29. The summed E-state index contributed by atoms with van der Waals surface area (Å²) in [6.07, 6.45) is 2.78. The van der Waals surface area contributed by atoms with Crippen molar-refractivity contribution in [3.8, 4) is 0 Å². The largest absolute Gasteiger partial charge is 0.390 e. The maximum absolute atomic E-state index is 15.2. The number of aromatic nitrogens is 1. The number of benzene rings is 1. The number of halogens is 1. The van der Waals surface area contributed by atoms with Gasteiger partial charge in [0.05, 0.1) is 16.8 Å². The van der Waals surface area contributed by atoms with Crippen LogP contribution in [-0.4, -0.2) is 28.4 Å². The molecular weight excluding hydrogens is 345 g/mol. The molecule has 1 aliphatic carbocycles. The maximum Gasteiger partial charge on any atom is 0.251 e. The predicted molar refractivity (Wildman–Crippen MR) is 106 cm³/mol. The summed E-state index contributed by atoms with van der Waals surface area (Å²) < 4.78 is 17.0. The molecule has 1 atom stereocenters. The number of aliphatic hydroxyl groups is 1. The molecule has 146 valence electrons. The first-order chi connectivity index (χ1) is 12.7. The summed E-state index contributed by atoms with van der Waals surface area (Å²) >= 11 is 0. The molecule has 1 saturated carbocycles. The zero-order valence-electron chi connectivity index (χ0n) is 16.3. The van der Waals surface area contributed by atoms with Crippen molar-refractivity contribution in [3.63, 3.8) is 0 Å². The highest BCUT2D eigenvalue weighted by atomic mass is 19.1. The Bertz CT molecular complexity index is 957. The molecule has 4 rings (SSSR count). The Hall–Kier alpha value is -1.92. The van der Waals surface area contributed by atoms with Crippen molar-refractivity contribution in [2.24, 2.45) is 11.7 Å². The molecule has 1 saturated heterocycles. The molecule has 0 bridgehead atoms. The lowest BCUT2D eigenvalue weighted by molar-refractivity contribution is 0.0263. The van der Waals surface area contributed by atoms with Crippen LogP contribution in [0.15, 0.2) is 16.9 Å². The second-order valence-corrected chi connectivity index (χ2v) is 8.63. The van der Waals surface area contributed by atoms with Crippen LogP contribution in [0.1, 0.15) is 50.3 Å². The SMILES string of the molecule is Cc1c(N2CC[C@@H](C(C)(C)O)C2)c(F)cc2c(CN)cc(=O)n(C3CC3)c12. The average molecular weight is 373 g/mol. The zero-order chi connectivity index (χ0) is 19.5. The van der Waals surface area contributed by atoms with E-state index in [4.69, 9.17) is 5.73 Å². The molecule has 2 fully saturated rings. The molecule has 27 heavy (non-hydrogen) atoms. The lowest BCUT2D eigenvalue weighted by Crippen LogP contribution is -2.33. The first kappa shape index (κ1) is 18.4. The van der Waals surface area contributed by atoms with Gasteiger partial charge in [0.15, 0.2) is 0 Å². The Morgan fingerprint density at radius 3 is 2.56 bits per heavy atom. The third kappa shape index (κ3) is 3.05. The number of nitrogens with zero attached hydrogens (tertiary/aromatic N) is 2. The van der Waals surface area contributed by atoms with Gasteiger partial charge in [0.2, 0.25) is 0 Å². The van der Waals surface area contributed by atoms with E-state index in [0.717, 1.165) is 35.7 Å². The van der Waals surface area contributed by atoms with Crippen LogP contribution < -0.4 is 16.2 Å². The quantitative estimate of drug-likeness (QED) is 0.865. The van der Waals surface area contributed by atoms with Gasteiger partial charge >= 0.3 is 0 Å². The minimum absolute atomic E-state index is 0.0538. The Balaban J connectivity index is 1.91. The monoisotopic (exact) mass is 373 g/mol. The number of hydrogen-bond acceptors (Lipinski definition) is 4. The van der Waals surface area contributed by atoms with Crippen LogP contribution in [-0.2, 0) is 6.54 Å². The van der Waals surface area contributed by atoms with E-state index in [2.05, 4.69) is 0 Å². The fourth-order valence-electron chi connectivity index (χ4n) is 4.51. The molecule has 1 aromatic carbocycles. The van der Waals surface area contributed by atoms with Gasteiger partial charge < -0.3 is 20.3 Å². The summed E-state index contributed by atoms with van der Waals surface area (Å²) in [7, 11) is 0. The van der Waals surface area contributed by atoms with E-state index in [-0.39, 0.29) is 29.9 Å². The molecular formula is C21H28FN3O2. The van der Waals surface area contributed by atoms with Gasteiger partial charge in [-0.1, -0.05) is 0 Å². The van der Waals surface area contributed by atoms with Crippen molar-refractivity contribution in [2.75, 3.05) is 18.0 Å². The second-order valence-electron chi connectivity index (χ2n) is 8.63. The summed E-state index contributed by atoms with van der Waals surface area (Å²) in [6.45, 7) is 7.03. The molecule has 0 spiro atoms. The highest BCUT2D eigenvalue weighted by molar-refractivity contribution is 5.90. The van der Waals surface area contributed by atoms with Crippen LogP contribution >= 0.6 is 0 Å². The van der Waals surface area contributed by atoms with Gasteiger partial charge in [-0.15, -0.1) is 0 Å². The summed E-state index contributed by atoms with van der Waals surface area (Å²) in [5.74, 6) is -0.194. The zero-order valence-corrected chi connectivity index (χ0v) is 16.3. The molecule has 6 heteroatoms. The Morgan fingerprint density at radius 2 is 2.00 bits per heavy atom. The van der Waals surface area contributed by atoms with Crippen LogP contribution in [0.4, 0.5) is 10.1 Å². The number of fused-ring (bicyclic) bond motifs is 1. The predicted octanol–water partition coefficient (Wildman–Crippen LogP) is 2.84. The molecule has 0 amide bonds. The third-order valence-electron chi connectivity index (χ3n) is 6.22. The molecule has 5 nitrogen and oxygen atoms in total. The molecule has 0 unspecified atom stereocenters. The number of pyridine rings is 1. The molecule has 2 aliphatic rings. The smallest absolute Gasteiger partial charge is 0.251 e. The van der Waals surface area contributed by atoms with Crippen LogP contribution in [0.25, 0.3) is 10.9 Å². The van der Waals surface area contributed by atoms with Crippen molar-refractivity contribution < 1.29 is 9.50 Å². The first-order valence-electron chi connectivity index (χ1n) is 9.77.